The van der Waals surface area contributed by atoms with Crippen molar-refractivity contribution in [1.29, 1.82) is 0 Å². The van der Waals surface area contributed by atoms with E-state index in [0.717, 1.165) is 5.82 Å². The van der Waals surface area contributed by atoms with Gasteiger partial charge >= 0.3 is 0 Å². The van der Waals surface area contributed by atoms with Gasteiger partial charge in [0.1, 0.15) is 11.6 Å². The van der Waals surface area contributed by atoms with Crippen LogP contribution < -0.4 is 10.2 Å². The lowest BCUT2D eigenvalue weighted by Crippen LogP contribution is -2.24. The zero-order chi connectivity index (χ0) is 13.7. The van der Waals surface area contributed by atoms with Crippen molar-refractivity contribution in [3.05, 3.63) is 54.0 Å². The summed E-state index contributed by atoms with van der Waals surface area (Å²) in [5.41, 5.74) is 0.631. The van der Waals surface area contributed by atoms with Gasteiger partial charge < -0.3 is 10.2 Å². The van der Waals surface area contributed by atoms with Crippen LogP contribution in [-0.2, 0) is 6.54 Å². The molecular weight excluding hydrogens is 240 g/mol. The minimum atomic E-state index is -0.126. The second-order valence-corrected chi connectivity index (χ2v) is 4.27. The van der Waals surface area contributed by atoms with Crippen LogP contribution in [0.4, 0.5) is 5.82 Å². The topological polar surface area (TPSA) is 58.1 Å². The van der Waals surface area contributed by atoms with E-state index < -0.39 is 0 Å². The number of amides is 1. The van der Waals surface area contributed by atoms with Crippen LogP contribution in [-0.4, -0.2) is 30.0 Å². The van der Waals surface area contributed by atoms with Crippen molar-refractivity contribution in [2.24, 2.45) is 0 Å². The third-order valence-electron chi connectivity index (χ3n) is 2.59. The zero-order valence-corrected chi connectivity index (χ0v) is 11.0. The minimum absolute atomic E-state index is 0.126. The van der Waals surface area contributed by atoms with Gasteiger partial charge in [-0.15, -0.1) is 0 Å². The molecule has 1 aromatic heterocycles. The SMILES string of the molecule is CN(C)c1ccnc(CNC(=O)c2ccccc2)n1. The first-order valence-electron chi connectivity index (χ1n) is 5.99. The van der Waals surface area contributed by atoms with E-state index in [4.69, 9.17) is 0 Å². The van der Waals surface area contributed by atoms with E-state index in [1.165, 1.54) is 0 Å². The van der Waals surface area contributed by atoms with E-state index >= 15 is 0 Å². The number of nitrogens with one attached hydrogen (secondary N) is 1. The van der Waals surface area contributed by atoms with Crippen molar-refractivity contribution in [2.75, 3.05) is 19.0 Å². The van der Waals surface area contributed by atoms with E-state index in [1.807, 2.05) is 43.3 Å². The molecule has 0 saturated heterocycles. The summed E-state index contributed by atoms with van der Waals surface area (Å²) in [7, 11) is 3.82. The maximum Gasteiger partial charge on any atom is 0.251 e. The third-order valence-corrected chi connectivity index (χ3v) is 2.59. The Kier molecular flexibility index (Phi) is 4.07. The number of carbonyl (C=O) groups excluding carboxylic acids is 1. The minimum Gasteiger partial charge on any atom is -0.363 e. The molecule has 1 amide bonds. The van der Waals surface area contributed by atoms with Crippen molar-refractivity contribution in [2.45, 2.75) is 6.54 Å². The lowest BCUT2D eigenvalue weighted by Gasteiger charge is -2.11. The Labute approximate surface area is 112 Å². The number of hydrogen-bond acceptors (Lipinski definition) is 4. The van der Waals surface area contributed by atoms with Crippen LogP contribution in [0.5, 0.6) is 0 Å². The van der Waals surface area contributed by atoms with Gasteiger partial charge in [0.25, 0.3) is 5.91 Å². The number of hydrogen-bond donors (Lipinski definition) is 1. The van der Waals surface area contributed by atoms with Gasteiger partial charge in [-0.2, -0.15) is 0 Å². The molecule has 98 valence electrons. The molecule has 2 aromatic rings. The normalized spacial score (nSPS) is 10.0. The molecule has 0 aliphatic heterocycles. The van der Waals surface area contributed by atoms with Gasteiger partial charge in [-0.3, -0.25) is 4.79 Å². The first-order valence-corrected chi connectivity index (χ1v) is 5.99. The van der Waals surface area contributed by atoms with Crippen LogP contribution in [0.2, 0.25) is 0 Å². The maximum absolute atomic E-state index is 11.9. The number of aromatic nitrogens is 2. The molecular formula is C14H16N4O. The molecule has 5 heteroatoms. The monoisotopic (exact) mass is 256 g/mol. The van der Waals surface area contributed by atoms with Crippen LogP contribution in [0.3, 0.4) is 0 Å². The molecule has 0 fully saturated rings. The molecule has 2 rings (SSSR count). The summed E-state index contributed by atoms with van der Waals surface area (Å²) >= 11 is 0. The number of benzene rings is 1. The second kappa shape index (κ2) is 5.95. The summed E-state index contributed by atoms with van der Waals surface area (Å²) in [4.78, 5) is 22.2. The largest absolute Gasteiger partial charge is 0.363 e. The highest BCUT2D eigenvalue weighted by Gasteiger charge is 2.06. The quantitative estimate of drug-likeness (QED) is 0.900. The maximum atomic E-state index is 11.9. The fraction of sp³-hybridized carbons (Fsp3) is 0.214. The predicted octanol–water partition coefficient (Wildman–Crippen LogP) is 1.47. The van der Waals surface area contributed by atoms with E-state index in [1.54, 1.807) is 18.3 Å². The molecule has 0 aliphatic carbocycles. The van der Waals surface area contributed by atoms with Crippen LogP contribution in [0.25, 0.3) is 0 Å². The van der Waals surface area contributed by atoms with E-state index in [-0.39, 0.29) is 5.91 Å². The van der Waals surface area contributed by atoms with Crippen molar-refractivity contribution in [1.82, 2.24) is 15.3 Å². The fourth-order valence-electron chi connectivity index (χ4n) is 1.57. The van der Waals surface area contributed by atoms with Gasteiger partial charge in [0.15, 0.2) is 0 Å². The summed E-state index contributed by atoms with van der Waals surface area (Å²) in [5.74, 6) is 1.29. The van der Waals surface area contributed by atoms with Gasteiger partial charge in [-0.1, -0.05) is 18.2 Å². The molecule has 0 saturated carbocycles. The van der Waals surface area contributed by atoms with Crippen LogP contribution >= 0.6 is 0 Å². The number of nitrogens with zero attached hydrogens (tertiary/aromatic N) is 3. The van der Waals surface area contributed by atoms with Gasteiger partial charge in [0, 0.05) is 25.9 Å². The molecule has 1 heterocycles. The molecule has 0 aliphatic rings. The van der Waals surface area contributed by atoms with Gasteiger partial charge in [0.05, 0.1) is 6.54 Å². The Balaban J connectivity index is 1.99. The first kappa shape index (κ1) is 13.0. The Morgan fingerprint density at radius 1 is 1.21 bits per heavy atom. The van der Waals surface area contributed by atoms with E-state index in [9.17, 15) is 4.79 Å². The third kappa shape index (κ3) is 3.51. The zero-order valence-electron chi connectivity index (χ0n) is 11.0. The molecule has 0 atom stereocenters. The van der Waals surface area contributed by atoms with Gasteiger partial charge in [0.2, 0.25) is 0 Å². The molecule has 1 N–H and O–H groups in total. The smallest absolute Gasteiger partial charge is 0.251 e. The summed E-state index contributed by atoms with van der Waals surface area (Å²) < 4.78 is 0. The highest BCUT2D eigenvalue weighted by molar-refractivity contribution is 5.93. The average molecular weight is 256 g/mol. The molecule has 0 spiro atoms. The van der Waals surface area contributed by atoms with Crippen LogP contribution in [0, 0.1) is 0 Å². The highest BCUT2D eigenvalue weighted by atomic mass is 16.1. The number of carbonyl (C=O) groups is 1. The highest BCUT2D eigenvalue weighted by Crippen LogP contribution is 2.05. The lowest BCUT2D eigenvalue weighted by molar-refractivity contribution is 0.0950. The molecule has 19 heavy (non-hydrogen) atoms. The summed E-state index contributed by atoms with van der Waals surface area (Å²) in [6, 6.07) is 10.9. The summed E-state index contributed by atoms with van der Waals surface area (Å²) in [6.45, 7) is 0.315. The van der Waals surface area contributed by atoms with Crippen molar-refractivity contribution in [3.63, 3.8) is 0 Å². The molecule has 5 nitrogen and oxygen atoms in total. The lowest BCUT2D eigenvalue weighted by atomic mass is 10.2. The summed E-state index contributed by atoms with van der Waals surface area (Å²) in [6.07, 6.45) is 1.69. The second-order valence-electron chi connectivity index (χ2n) is 4.27. The summed E-state index contributed by atoms with van der Waals surface area (Å²) in [5, 5.41) is 2.80. The average Bonchev–Trinajstić information content (AvgIpc) is 2.46. The Morgan fingerprint density at radius 2 is 1.95 bits per heavy atom. The Bertz CT molecular complexity index is 554. The van der Waals surface area contributed by atoms with Crippen LogP contribution in [0.1, 0.15) is 16.2 Å². The predicted molar refractivity (Wildman–Crippen MR) is 74.0 cm³/mol. The van der Waals surface area contributed by atoms with Gasteiger partial charge in [-0.25, -0.2) is 9.97 Å². The van der Waals surface area contributed by atoms with Crippen molar-refractivity contribution >= 4 is 11.7 Å². The standard InChI is InChI=1S/C14H16N4O/c1-18(2)13-8-9-15-12(17-13)10-16-14(19)11-6-4-3-5-7-11/h3-9H,10H2,1-2H3,(H,16,19). The molecule has 0 radical (unpaired) electrons. The van der Waals surface area contributed by atoms with E-state index in [2.05, 4.69) is 15.3 Å². The van der Waals surface area contributed by atoms with Crippen LogP contribution in [0.15, 0.2) is 42.6 Å². The molecule has 0 unspecified atom stereocenters. The van der Waals surface area contributed by atoms with Crippen molar-refractivity contribution < 1.29 is 4.79 Å². The molecule has 0 bridgehead atoms. The first-order chi connectivity index (χ1) is 9.16. The van der Waals surface area contributed by atoms with Gasteiger partial charge in [-0.05, 0) is 18.2 Å². The number of anilines is 1. The number of rotatable bonds is 4. The molecule has 1 aromatic carbocycles. The fourth-order valence-corrected chi connectivity index (χ4v) is 1.57. The van der Waals surface area contributed by atoms with E-state index in [0.29, 0.717) is 17.9 Å². The Morgan fingerprint density at radius 3 is 2.63 bits per heavy atom. The Hall–Kier alpha value is -2.43. The van der Waals surface area contributed by atoms with Crippen molar-refractivity contribution in [3.8, 4) is 0 Å².